The molecule has 1 fully saturated rings. The summed E-state index contributed by atoms with van der Waals surface area (Å²) in [6.45, 7) is 5.38. The summed E-state index contributed by atoms with van der Waals surface area (Å²) in [6.07, 6.45) is -1.78. The number of anilines is 1. The fourth-order valence-corrected chi connectivity index (χ4v) is 4.57. The van der Waals surface area contributed by atoms with Gasteiger partial charge in [0.25, 0.3) is 17.9 Å². The van der Waals surface area contributed by atoms with E-state index in [1.165, 1.54) is 33.0 Å². The lowest BCUT2D eigenvalue weighted by atomic mass is 9.92. The Kier molecular flexibility index (Phi) is 7.22. The molecular weight excluding hydrogens is 489 g/mol. The average Bonchev–Trinajstić information content (AvgIpc) is 2.85. The molecule has 1 aliphatic heterocycles. The van der Waals surface area contributed by atoms with Crippen molar-refractivity contribution in [3.8, 4) is 0 Å². The number of fused-ring (bicyclic) bond motifs is 1. The molecule has 37 heavy (non-hydrogen) atoms. The number of aromatic nitrogens is 4. The molecule has 198 valence electrons. The molecule has 1 saturated heterocycles. The Morgan fingerprint density at radius 1 is 1.19 bits per heavy atom. The zero-order valence-corrected chi connectivity index (χ0v) is 21.0. The predicted octanol–water partition coefficient (Wildman–Crippen LogP) is 3.45. The number of carbonyl (C=O) groups is 1. The summed E-state index contributed by atoms with van der Waals surface area (Å²) in [5, 5.41) is 26.1. The predicted molar refractivity (Wildman–Crippen MR) is 131 cm³/mol. The van der Waals surface area contributed by atoms with Crippen molar-refractivity contribution >= 4 is 22.6 Å². The maximum absolute atomic E-state index is 14.7. The largest absolute Gasteiger partial charge is 0.381 e. The molecule has 0 spiro atoms. The van der Waals surface area contributed by atoms with Gasteiger partial charge in [0.15, 0.2) is 11.3 Å². The molecule has 1 aliphatic rings. The maximum atomic E-state index is 14.7. The normalized spacial score (nSPS) is 15.9. The number of nitrogens with zero attached hydrogens (tertiary/aromatic N) is 5. The highest BCUT2D eigenvalue weighted by Crippen LogP contribution is 2.32. The molecule has 1 atom stereocenters. The smallest absolute Gasteiger partial charge is 0.295 e. The van der Waals surface area contributed by atoms with Gasteiger partial charge in [-0.05, 0) is 39.7 Å². The highest BCUT2D eigenvalue weighted by atomic mass is 19.3. The number of likely N-dealkylation sites (tertiary alicyclic amines) is 1. The number of nitrogens with one attached hydrogen (secondary N) is 1. The minimum Gasteiger partial charge on any atom is -0.381 e. The number of aryl methyl sites for hydroxylation is 1. The molecule has 4 rings (SSSR count). The van der Waals surface area contributed by atoms with E-state index in [1.807, 2.05) is 0 Å². The number of aliphatic hydroxyl groups is 1. The molecule has 0 radical (unpaired) electrons. The van der Waals surface area contributed by atoms with Crippen LogP contribution in [0.15, 0.2) is 29.1 Å². The monoisotopic (exact) mass is 518 g/mol. The molecule has 0 saturated carbocycles. The van der Waals surface area contributed by atoms with Gasteiger partial charge in [-0.15, -0.1) is 5.10 Å². The number of alkyl halides is 2. The van der Waals surface area contributed by atoms with Gasteiger partial charge in [0, 0.05) is 31.6 Å². The molecule has 0 aliphatic carbocycles. The quantitative estimate of drug-likeness (QED) is 0.514. The number of piperidine rings is 1. The van der Waals surface area contributed by atoms with E-state index in [9.17, 15) is 27.9 Å². The lowest BCUT2D eigenvalue weighted by molar-refractivity contribution is -0.148. The van der Waals surface area contributed by atoms with Gasteiger partial charge in [-0.25, -0.2) is 17.9 Å². The number of hydrogen-bond donors (Lipinski definition) is 2. The Bertz CT molecular complexity index is 1380. The molecule has 3 aromatic rings. The Morgan fingerprint density at radius 2 is 1.84 bits per heavy atom. The summed E-state index contributed by atoms with van der Waals surface area (Å²) in [5.74, 6) is -1.15. The van der Waals surface area contributed by atoms with E-state index in [4.69, 9.17) is 0 Å². The second-order valence-electron chi connectivity index (χ2n) is 9.85. The number of amides is 1. The van der Waals surface area contributed by atoms with Crippen molar-refractivity contribution < 1.29 is 23.1 Å². The standard InChI is InChI=1S/C25H29F3N6O3/c1-13(15-6-5-7-16(19(15)26)21(27)28)29-22-17-12-18(30-31-20(17)23(35)33(4)32-22)14-8-10-34(11-9-14)24(36)25(2,3)37/h5-7,12-14,21,37H,8-11H2,1-4H3,(H,29,32)/t13-/m1/s1. The molecule has 1 aromatic carbocycles. The number of hydrogen-bond acceptors (Lipinski definition) is 7. The van der Waals surface area contributed by atoms with E-state index in [1.54, 1.807) is 17.9 Å². The van der Waals surface area contributed by atoms with Gasteiger partial charge in [0.05, 0.1) is 22.7 Å². The van der Waals surface area contributed by atoms with Gasteiger partial charge in [-0.1, -0.05) is 18.2 Å². The summed E-state index contributed by atoms with van der Waals surface area (Å²) in [5.41, 5.74) is -1.90. The van der Waals surface area contributed by atoms with Crippen molar-refractivity contribution in [2.45, 2.75) is 57.6 Å². The number of halogens is 3. The van der Waals surface area contributed by atoms with Gasteiger partial charge in [0.1, 0.15) is 11.4 Å². The molecule has 1 amide bonds. The Balaban J connectivity index is 1.64. The van der Waals surface area contributed by atoms with E-state index in [0.29, 0.717) is 37.0 Å². The van der Waals surface area contributed by atoms with Gasteiger partial charge < -0.3 is 15.3 Å². The van der Waals surface area contributed by atoms with Gasteiger partial charge in [-0.3, -0.25) is 9.59 Å². The molecular formula is C25H29F3N6O3. The molecule has 0 bridgehead atoms. The number of benzene rings is 1. The van der Waals surface area contributed by atoms with Gasteiger partial charge >= 0.3 is 0 Å². The Hall–Kier alpha value is -3.54. The van der Waals surface area contributed by atoms with Crippen LogP contribution in [-0.4, -0.2) is 54.6 Å². The molecule has 3 heterocycles. The van der Waals surface area contributed by atoms with Crippen LogP contribution in [0, 0.1) is 5.82 Å². The third kappa shape index (κ3) is 5.29. The van der Waals surface area contributed by atoms with Crippen LogP contribution >= 0.6 is 0 Å². The summed E-state index contributed by atoms with van der Waals surface area (Å²) >= 11 is 0. The van der Waals surface area contributed by atoms with Crippen LogP contribution in [0.1, 0.15) is 68.8 Å². The minimum absolute atomic E-state index is 0.0349. The Morgan fingerprint density at radius 3 is 2.46 bits per heavy atom. The molecule has 9 nitrogen and oxygen atoms in total. The van der Waals surface area contributed by atoms with E-state index in [0.717, 1.165) is 10.7 Å². The molecule has 12 heteroatoms. The van der Waals surface area contributed by atoms with Crippen LogP contribution in [0.3, 0.4) is 0 Å². The zero-order chi connectivity index (χ0) is 27.1. The fourth-order valence-electron chi connectivity index (χ4n) is 4.57. The van der Waals surface area contributed by atoms with Crippen LogP contribution in [-0.2, 0) is 11.8 Å². The number of rotatable bonds is 6. The van der Waals surface area contributed by atoms with Crippen LogP contribution in [0.2, 0.25) is 0 Å². The minimum atomic E-state index is -2.95. The van der Waals surface area contributed by atoms with Crippen LogP contribution in [0.4, 0.5) is 19.0 Å². The Labute approximate surface area is 211 Å². The molecule has 0 unspecified atom stereocenters. The zero-order valence-electron chi connectivity index (χ0n) is 21.0. The lowest BCUT2D eigenvalue weighted by Crippen LogP contribution is -2.48. The first kappa shape index (κ1) is 26.5. The maximum Gasteiger partial charge on any atom is 0.295 e. The second-order valence-corrected chi connectivity index (χ2v) is 9.85. The lowest BCUT2D eigenvalue weighted by Gasteiger charge is -2.34. The first-order valence-electron chi connectivity index (χ1n) is 12.0. The highest BCUT2D eigenvalue weighted by Gasteiger charge is 2.33. The van der Waals surface area contributed by atoms with E-state index >= 15 is 0 Å². The third-order valence-corrected chi connectivity index (χ3v) is 6.65. The third-order valence-electron chi connectivity index (χ3n) is 6.65. The first-order chi connectivity index (χ1) is 17.4. The summed E-state index contributed by atoms with van der Waals surface area (Å²) in [6, 6.07) is 4.77. The van der Waals surface area contributed by atoms with E-state index in [-0.39, 0.29) is 28.7 Å². The van der Waals surface area contributed by atoms with Crippen molar-refractivity contribution in [1.82, 2.24) is 24.9 Å². The SMILES string of the molecule is C[C@@H](Nc1nn(C)c(=O)c2nnc(C3CCN(C(=O)C(C)(C)O)CC3)cc12)c1cccc(C(F)F)c1F. The molecule has 2 aromatic heterocycles. The summed E-state index contributed by atoms with van der Waals surface area (Å²) in [4.78, 5) is 26.7. The van der Waals surface area contributed by atoms with Crippen molar-refractivity contribution in [1.29, 1.82) is 0 Å². The summed E-state index contributed by atoms with van der Waals surface area (Å²) < 4.78 is 42.2. The molecule has 2 N–H and O–H groups in total. The van der Waals surface area contributed by atoms with Gasteiger partial charge in [-0.2, -0.15) is 10.2 Å². The van der Waals surface area contributed by atoms with Crippen molar-refractivity contribution in [2.75, 3.05) is 18.4 Å². The van der Waals surface area contributed by atoms with Gasteiger partial charge in [0.2, 0.25) is 0 Å². The van der Waals surface area contributed by atoms with Crippen molar-refractivity contribution in [3.05, 3.63) is 57.3 Å². The van der Waals surface area contributed by atoms with Crippen LogP contribution in [0.5, 0.6) is 0 Å². The average molecular weight is 519 g/mol. The summed E-state index contributed by atoms with van der Waals surface area (Å²) in [7, 11) is 1.45. The van der Waals surface area contributed by atoms with E-state index in [2.05, 4.69) is 20.6 Å². The van der Waals surface area contributed by atoms with E-state index < -0.39 is 35.0 Å². The first-order valence-corrected chi connectivity index (χ1v) is 12.0. The topological polar surface area (TPSA) is 113 Å². The van der Waals surface area contributed by atoms with Crippen molar-refractivity contribution in [3.63, 3.8) is 0 Å². The number of carbonyl (C=O) groups excluding carboxylic acids is 1. The van der Waals surface area contributed by atoms with Crippen LogP contribution < -0.4 is 10.9 Å². The van der Waals surface area contributed by atoms with Crippen LogP contribution in [0.25, 0.3) is 10.9 Å². The fraction of sp³-hybridized carbons (Fsp3) is 0.480. The second kappa shape index (κ2) is 10.1. The highest BCUT2D eigenvalue weighted by molar-refractivity contribution is 5.88. The van der Waals surface area contributed by atoms with Crippen molar-refractivity contribution in [2.24, 2.45) is 7.05 Å².